The lowest BCUT2D eigenvalue weighted by Gasteiger charge is -2.40. The number of anilines is 1. The Morgan fingerprint density at radius 1 is 0.957 bits per heavy atom. The second kappa shape index (κ2) is 13.5. The van der Waals surface area contributed by atoms with Crippen LogP contribution in [-0.4, -0.2) is 68.4 Å². The summed E-state index contributed by atoms with van der Waals surface area (Å²) in [6.45, 7) is 12.5. The number of nitrogens with zero attached hydrogens (tertiary/aromatic N) is 3. The molecule has 3 aliphatic heterocycles. The number of carbonyl (C=O) groups is 3. The maximum Gasteiger partial charge on any atom is 0.251 e. The van der Waals surface area contributed by atoms with Crippen molar-refractivity contribution in [2.24, 2.45) is 11.8 Å². The lowest BCUT2D eigenvalue weighted by Crippen LogP contribution is -2.56. The van der Waals surface area contributed by atoms with Crippen LogP contribution in [0.5, 0.6) is 0 Å². The molecule has 2 bridgehead atoms. The molecule has 0 aromatic heterocycles. The SMILES string of the molecule is C=CCN(Cc1ccccc1)C(=O)[C@@H]1[C@H]2C(=O)N([C@H](CO)c3ccccc3)C(C(=O)N(CC=C)c3c(C)cccc3C)C23CC[C@H]1S3. The van der Waals surface area contributed by atoms with Crippen LogP contribution in [0.15, 0.2) is 104 Å². The zero-order valence-electron chi connectivity index (χ0n) is 27.1. The maximum absolute atomic E-state index is 15.2. The lowest BCUT2D eigenvalue weighted by atomic mass is 9.70. The first-order valence-corrected chi connectivity index (χ1v) is 17.2. The molecule has 7 nitrogen and oxygen atoms in total. The molecule has 2 unspecified atom stereocenters. The number of para-hydroxylation sites is 1. The number of fused-ring (bicyclic) bond motifs is 1. The summed E-state index contributed by atoms with van der Waals surface area (Å²) >= 11 is 1.64. The van der Waals surface area contributed by atoms with Crippen molar-refractivity contribution in [3.63, 3.8) is 0 Å². The van der Waals surface area contributed by atoms with Crippen LogP contribution >= 0.6 is 11.8 Å². The summed E-state index contributed by atoms with van der Waals surface area (Å²) in [5.41, 5.74) is 4.45. The number of aliphatic hydroxyl groups excluding tert-OH is 1. The van der Waals surface area contributed by atoms with Gasteiger partial charge in [-0.3, -0.25) is 14.4 Å². The van der Waals surface area contributed by atoms with Crippen LogP contribution < -0.4 is 4.90 Å². The number of aryl methyl sites for hydroxylation is 2. The maximum atomic E-state index is 15.2. The molecule has 3 aromatic carbocycles. The van der Waals surface area contributed by atoms with Gasteiger partial charge in [-0.25, -0.2) is 0 Å². The van der Waals surface area contributed by atoms with E-state index >= 15 is 4.79 Å². The third kappa shape index (κ3) is 5.61. The Bertz CT molecular complexity index is 1640. The Labute approximate surface area is 281 Å². The van der Waals surface area contributed by atoms with Gasteiger partial charge >= 0.3 is 0 Å². The molecule has 3 aliphatic rings. The van der Waals surface area contributed by atoms with Crippen molar-refractivity contribution < 1.29 is 19.5 Å². The molecule has 0 saturated carbocycles. The minimum absolute atomic E-state index is 0.0859. The fraction of sp³-hybridized carbons (Fsp3) is 0.359. The summed E-state index contributed by atoms with van der Waals surface area (Å²) in [6, 6.07) is 23.5. The zero-order valence-corrected chi connectivity index (χ0v) is 27.9. The Kier molecular flexibility index (Phi) is 9.44. The van der Waals surface area contributed by atoms with E-state index in [2.05, 4.69) is 13.2 Å². The van der Waals surface area contributed by atoms with Crippen LogP contribution in [0, 0.1) is 25.7 Å². The molecule has 3 amide bonds. The van der Waals surface area contributed by atoms with Crippen molar-refractivity contribution in [1.82, 2.24) is 9.80 Å². The van der Waals surface area contributed by atoms with Crippen LogP contribution in [-0.2, 0) is 20.9 Å². The van der Waals surface area contributed by atoms with Gasteiger partial charge in [0.05, 0.1) is 29.2 Å². The number of aliphatic hydroxyl groups is 1. The quantitative estimate of drug-likeness (QED) is 0.249. The predicted molar refractivity (Wildman–Crippen MR) is 188 cm³/mol. The monoisotopic (exact) mass is 649 g/mol. The van der Waals surface area contributed by atoms with E-state index in [0.29, 0.717) is 19.5 Å². The molecule has 1 N–H and O–H groups in total. The Morgan fingerprint density at radius 3 is 2.21 bits per heavy atom. The van der Waals surface area contributed by atoms with Gasteiger partial charge in [0.1, 0.15) is 6.04 Å². The van der Waals surface area contributed by atoms with E-state index in [4.69, 9.17) is 0 Å². The molecule has 3 saturated heterocycles. The van der Waals surface area contributed by atoms with E-state index in [1.165, 1.54) is 0 Å². The molecule has 6 rings (SSSR count). The second-order valence-corrected chi connectivity index (χ2v) is 14.5. The Balaban J connectivity index is 1.46. The van der Waals surface area contributed by atoms with E-state index in [-0.39, 0.29) is 36.1 Å². The van der Waals surface area contributed by atoms with Gasteiger partial charge in [0.15, 0.2) is 0 Å². The first kappa shape index (κ1) is 32.8. The fourth-order valence-electron chi connectivity index (χ4n) is 8.22. The van der Waals surface area contributed by atoms with Crippen molar-refractivity contribution in [1.29, 1.82) is 0 Å². The first-order chi connectivity index (χ1) is 22.8. The number of rotatable bonds is 12. The molecule has 47 heavy (non-hydrogen) atoms. The fourth-order valence-corrected chi connectivity index (χ4v) is 10.4. The normalized spacial score (nSPS) is 24.9. The number of hydrogen-bond acceptors (Lipinski definition) is 5. The van der Waals surface area contributed by atoms with Crippen molar-refractivity contribution in [3.8, 4) is 0 Å². The van der Waals surface area contributed by atoms with E-state index in [1.807, 2.05) is 92.7 Å². The number of thioether (sulfide) groups is 1. The van der Waals surface area contributed by atoms with Gasteiger partial charge in [-0.1, -0.05) is 91.0 Å². The van der Waals surface area contributed by atoms with Gasteiger partial charge in [-0.15, -0.1) is 24.9 Å². The number of hydrogen-bond donors (Lipinski definition) is 1. The molecule has 0 radical (unpaired) electrons. The van der Waals surface area contributed by atoms with Crippen molar-refractivity contribution in [2.45, 2.75) is 55.3 Å². The van der Waals surface area contributed by atoms with Crippen LogP contribution in [0.3, 0.4) is 0 Å². The average Bonchev–Trinajstić information content (AvgIpc) is 3.72. The molecule has 3 fully saturated rings. The number of carbonyl (C=O) groups excluding carboxylic acids is 3. The largest absolute Gasteiger partial charge is 0.394 e. The predicted octanol–water partition coefficient (Wildman–Crippen LogP) is 5.86. The summed E-state index contributed by atoms with van der Waals surface area (Å²) in [7, 11) is 0. The summed E-state index contributed by atoms with van der Waals surface area (Å²) in [5, 5.41) is 10.8. The van der Waals surface area contributed by atoms with E-state index in [0.717, 1.165) is 34.4 Å². The topological polar surface area (TPSA) is 81.2 Å². The van der Waals surface area contributed by atoms with Crippen LogP contribution in [0.2, 0.25) is 0 Å². The molecule has 244 valence electrons. The van der Waals surface area contributed by atoms with Crippen LogP contribution in [0.1, 0.15) is 41.1 Å². The Morgan fingerprint density at radius 2 is 1.60 bits per heavy atom. The highest BCUT2D eigenvalue weighted by Gasteiger charge is 2.74. The standard InChI is InChI=1S/C39H43N3O4S/c1-5-22-40(24-28-16-9-7-10-17-28)36(44)32-31-20-21-39(47-31)33(32)37(45)42(30(25-43)29-18-11-8-12-19-29)35(39)38(46)41(23-6-2)34-26(3)14-13-15-27(34)4/h5-19,30-33,35,43H,1-2,20-25H2,3-4H3/t30-,31-,32+,33+,35?,39?/m1/s1. The molecular weight excluding hydrogens is 607 g/mol. The van der Waals surface area contributed by atoms with Gasteiger partial charge in [0.25, 0.3) is 5.91 Å². The molecule has 0 aliphatic carbocycles. The lowest BCUT2D eigenvalue weighted by molar-refractivity contribution is -0.145. The highest BCUT2D eigenvalue weighted by molar-refractivity contribution is 8.02. The molecule has 1 spiro atoms. The highest BCUT2D eigenvalue weighted by Crippen LogP contribution is 2.67. The van der Waals surface area contributed by atoms with Gasteiger partial charge in [0, 0.05) is 30.6 Å². The van der Waals surface area contributed by atoms with Crippen LogP contribution in [0.25, 0.3) is 0 Å². The van der Waals surface area contributed by atoms with Gasteiger partial charge in [-0.05, 0) is 48.9 Å². The average molecular weight is 650 g/mol. The number of amides is 3. The third-order valence-corrected chi connectivity index (χ3v) is 12.1. The summed E-state index contributed by atoms with van der Waals surface area (Å²) in [4.78, 5) is 50.0. The minimum atomic E-state index is -0.883. The zero-order chi connectivity index (χ0) is 33.3. The van der Waals surface area contributed by atoms with Gasteiger partial charge < -0.3 is 19.8 Å². The molecule has 8 heteroatoms. The summed E-state index contributed by atoms with van der Waals surface area (Å²) < 4.78 is -0.816. The van der Waals surface area contributed by atoms with E-state index in [1.54, 1.807) is 38.6 Å². The van der Waals surface area contributed by atoms with Crippen molar-refractivity contribution in [2.75, 3.05) is 24.6 Å². The smallest absolute Gasteiger partial charge is 0.251 e. The van der Waals surface area contributed by atoms with Crippen molar-refractivity contribution in [3.05, 3.63) is 126 Å². The molecule has 3 aromatic rings. The van der Waals surface area contributed by atoms with Crippen LogP contribution in [0.4, 0.5) is 5.69 Å². The molecule has 6 atom stereocenters. The molecular formula is C39H43N3O4S. The van der Waals surface area contributed by atoms with Gasteiger partial charge in [-0.2, -0.15) is 0 Å². The van der Waals surface area contributed by atoms with E-state index < -0.39 is 28.7 Å². The number of benzene rings is 3. The summed E-state index contributed by atoms with van der Waals surface area (Å²) in [5.74, 6) is -1.82. The number of likely N-dealkylation sites (tertiary alicyclic amines) is 1. The third-order valence-electron chi connectivity index (χ3n) is 10.1. The highest BCUT2D eigenvalue weighted by atomic mass is 32.2. The minimum Gasteiger partial charge on any atom is -0.394 e. The van der Waals surface area contributed by atoms with Crippen molar-refractivity contribution >= 4 is 35.2 Å². The molecule has 3 heterocycles. The Hall–Kier alpha value is -4.14. The van der Waals surface area contributed by atoms with Gasteiger partial charge in [0.2, 0.25) is 11.8 Å². The second-order valence-electron chi connectivity index (χ2n) is 12.9. The van der Waals surface area contributed by atoms with E-state index in [9.17, 15) is 14.7 Å². The summed E-state index contributed by atoms with van der Waals surface area (Å²) in [6.07, 6.45) is 4.80. The first-order valence-electron chi connectivity index (χ1n) is 16.3.